The smallest absolute Gasteiger partial charge is 0.329 e. The van der Waals surface area contributed by atoms with Crippen molar-refractivity contribution in [3.05, 3.63) is 29.8 Å². The number of carbonyl (C=O) groups is 2. The van der Waals surface area contributed by atoms with Gasteiger partial charge in [-0.05, 0) is 36.2 Å². The zero-order valence-corrected chi connectivity index (χ0v) is 11.0. The second-order valence-corrected chi connectivity index (χ2v) is 3.73. The third-order valence-corrected chi connectivity index (χ3v) is 2.24. The minimum Gasteiger partial charge on any atom is -0.497 e. The van der Waals surface area contributed by atoms with Crippen molar-refractivity contribution in [3.63, 3.8) is 0 Å². The van der Waals surface area contributed by atoms with Crippen LogP contribution in [0.15, 0.2) is 29.4 Å². The third kappa shape index (κ3) is 5.20. The molecule has 0 saturated carbocycles. The normalized spacial score (nSPS) is 10.2. The standard InChI is InChI=1S/C13H17N3O3/c1-3-8-14-12(17)13(18)16-15-9-10-4-6-11(19-2)7-5-10/h4-7,9H,3,8H2,1-2H3,(H,14,17)(H,16,18)/b15-9-. The zero-order chi connectivity index (χ0) is 14.1. The van der Waals surface area contributed by atoms with Crippen LogP contribution in [0, 0.1) is 0 Å². The molecule has 0 bridgehead atoms. The molecule has 0 heterocycles. The lowest BCUT2D eigenvalue weighted by Crippen LogP contribution is -2.38. The van der Waals surface area contributed by atoms with Gasteiger partial charge in [-0.3, -0.25) is 9.59 Å². The Hall–Kier alpha value is -2.37. The molecule has 0 aliphatic heterocycles. The fourth-order valence-electron chi connectivity index (χ4n) is 1.22. The highest BCUT2D eigenvalue weighted by molar-refractivity contribution is 6.35. The molecule has 0 aliphatic rings. The number of methoxy groups -OCH3 is 1. The molecule has 0 fully saturated rings. The largest absolute Gasteiger partial charge is 0.497 e. The number of nitrogens with zero attached hydrogens (tertiary/aromatic N) is 1. The van der Waals surface area contributed by atoms with Gasteiger partial charge in [-0.1, -0.05) is 6.92 Å². The molecule has 2 N–H and O–H groups in total. The number of nitrogens with one attached hydrogen (secondary N) is 2. The van der Waals surface area contributed by atoms with Gasteiger partial charge in [0.1, 0.15) is 5.75 Å². The number of hydrogen-bond donors (Lipinski definition) is 2. The van der Waals surface area contributed by atoms with Crippen molar-refractivity contribution in [2.24, 2.45) is 5.10 Å². The van der Waals surface area contributed by atoms with E-state index in [9.17, 15) is 9.59 Å². The van der Waals surface area contributed by atoms with Crippen molar-refractivity contribution < 1.29 is 14.3 Å². The number of rotatable bonds is 5. The van der Waals surface area contributed by atoms with E-state index in [1.807, 2.05) is 6.92 Å². The topological polar surface area (TPSA) is 79.8 Å². The number of benzene rings is 1. The number of hydrazone groups is 1. The fraction of sp³-hybridized carbons (Fsp3) is 0.308. The molecular weight excluding hydrogens is 246 g/mol. The van der Waals surface area contributed by atoms with Gasteiger partial charge < -0.3 is 10.1 Å². The van der Waals surface area contributed by atoms with Crippen LogP contribution in [-0.2, 0) is 9.59 Å². The van der Waals surface area contributed by atoms with Gasteiger partial charge in [-0.15, -0.1) is 0 Å². The molecule has 0 radical (unpaired) electrons. The molecule has 0 spiro atoms. The van der Waals surface area contributed by atoms with Gasteiger partial charge >= 0.3 is 11.8 Å². The summed E-state index contributed by atoms with van der Waals surface area (Å²) in [4.78, 5) is 22.5. The van der Waals surface area contributed by atoms with E-state index in [0.717, 1.165) is 17.7 Å². The van der Waals surface area contributed by atoms with Crippen molar-refractivity contribution in [1.82, 2.24) is 10.7 Å². The monoisotopic (exact) mass is 263 g/mol. The van der Waals surface area contributed by atoms with Crippen LogP contribution in [0.3, 0.4) is 0 Å². The van der Waals surface area contributed by atoms with Crippen LogP contribution < -0.4 is 15.5 Å². The maximum Gasteiger partial charge on any atom is 0.329 e. The number of amides is 2. The van der Waals surface area contributed by atoms with E-state index in [2.05, 4.69) is 15.8 Å². The lowest BCUT2D eigenvalue weighted by atomic mass is 10.2. The van der Waals surface area contributed by atoms with Gasteiger partial charge in [0.15, 0.2) is 0 Å². The van der Waals surface area contributed by atoms with E-state index in [0.29, 0.717) is 6.54 Å². The Morgan fingerprint density at radius 3 is 2.53 bits per heavy atom. The Balaban J connectivity index is 2.44. The summed E-state index contributed by atoms with van der Waals surface area (Å²) in [6.07, 6.45) is 2.22. The highest BCUT2D eigenvalue weighted by Gasteiger charge is 2.10. The highest BCUT2D eigenvalue weighted by Crippen LogP contribution is 2.09. The molecule has 0 aromatic heterocycles. The lowest BCUT2D eigenvalue weighted by molar-refractivity contribution is -0.139. The Morgan fingerprint density at radius 1 is 1.26 bits per heavy atom. The number of hydrogen-bond acceptors (Lipinski definition) is 4. The van der Waals surface area contributed by atoms with Crippen LogP contribution in [0.2, 0.25) is 0 Å². The first-order valence-corrected chi connectivity index (χ1v) is 5.92. The minimum absolute atomic E-state index is 0.467. The van der Waals surface area contributed by atoms with Crippen LogP contribution >= 0.6 is 0 Å². The summed E-state index contributed by atoms with van der Waals surface area (Å²) in [5.74, 6) is -0.730. The second kappa shape index (κ2) is 7.86. The van der Waals surface area contributed by atoms with Gasteiger partial charge in [0.25, 0.3) is 0 Å². The van der Waals surface area contributed by atoms with Crippen molar-refractivity contribution in [2.75, 3.05) is 13.7 Å². The van der Waals surface area contributed by atoms with Crippen LogP contribution in [0.1, 0.15) is 18.9 Å². The van der Waals surface area contributed by atoms with Gasteiger partial charge in [0, 0.05) is 6.54 Å². The minimum atomic E-state index is -0.779. The molecule has 0 saturated heterocycles. The van der Waals surface area contributed by atoms with Crippen LogP contribution in [0.25, 0.3) is 0 Å². The van der Waals surface area contributed by atoms with Gasteiger partial charge in [-0.25, -0.2) is 5.43 Å². The Morgan fingerprint density at radius 2 is 1.95 bits per heavy atom. The summed E-state index contributed by atoms with van der Waals surface area (Å²) in [6.45, 7) is 2.37. The summed E-state index contributed by atoms with van der Waals surface area (Å²) < 4.78 is 5.01. The van der Waals surface area contributed by atoms with Crippen LogP contribution in [0.5, 0.6) is 5.75 Å². The van der Waals surface area contributed by atoms with Crippen LogP contribution in [0.4, 0.5) is 0 Å². The highest BCUT2D eigenvalue weighted by atomic mass is 16.5. The average molecular weight is 263 g/mol. The molecule has 0 unspecified atom stereocenters. The van der Waals surface area contributed by atoms with E-state index in [1.54, 1.807) is 31.4 Å². The first-order valence-electron chi connectivity index (χ1n) is 5.92. The predicted molar refractivity (Wildman–Crippen MR) is 72.0 cm³/mol. The molecule has 0 aliphatic carbocycles. The number of ether oxygens (including phenoxy) is 1. The predicted octanol–water partition coefficient (Wildman–Crippen LogP) is 0.671. The number of carbonyl (C=O) groups excluding carboxylic acids is 2. The van der Waals surface area contributed by atoms with Crippen molar-refractivity contribution in [3.8, 4) is 5.75 Å². The van der Waals surface area contributed by atoms with Gasteiger partial charge in [-0.2, -0.15) is 5.10 Å². The SMILES string of the molecule is CCCNC(=O)C(=O)N/N=C\c1ccc(OC)cc1. The molecule has 1 aromatic rings. The van der Waals surface area contributed by atoms with E-state index < -0.39 is 11.8 Å². The molecule has 0 atom stereocenters. The molecule has 1 rings (SSSR count). The first-order chi connectivity index (χ1) is 9.17. The molecule has 6 heteroatoms. The van der Waals surface area contributed by atoms with E-state index in [-0.39, 0.29) is 0 Å². The molecule has 6 nitrogen and oxygen atoms in total. The maximum absolute atomic E-state index is 11.3. The molecule has 1 aromatic carbocycles. The summed E-state index contributed by atoms with van der Waals surface area (Å²) in [5, 5.41) is 6.15. The molecular formula is C13H17N3O3. The van der Waals surface area contributed by atoms with Crippen molar-refractivity contribution >= 4 is 18.0 Å². The lowest BCUT2D eigenvalue weighted by Gasteiger charge is -2.01. The van der Waals surface area contributed by atoms with E-state index in [1.165, 1.54) is 6.21 Å². The van der Waals surface area contributed by atoms with Crippen molar-refractivity contribution in [2.45, 2.75) is 13.3 Å². The van der Waals surface area contributed by atoms with Crippen molar-refractivity contribution in [1.29, 1.82) is 0 Å². The Kier molecular flexibility index (Phi) is 6.08. The first kappa shape index (κ1) is 14.7. The Bertz CT molecular complexity index is 455. The van der Waals surface area contributed by atoms with Crippen LogP contribution in [-0.4, -0.2) is 31.7 Å². The second-order valence-electron chi connectivity index (χ2n) is 3.73. The van der Waals surface area contributed by atoms with E-state index >= 15 is 0 Å². The summed E-state index contributed by atoms with van der Waals surface area (Å²) in [6, 6.07) is 7.12. The summed E-state index contributed by atoms with van der Waals surface area (Å²) in [5.41, 5.74) is 2.94. The zero-order valence-electron chi connectivity index (χ0n) is 11.0. The van der Waals surface area contributed by atoms with Gasteiger partial charge in [0.2, 0.25) is 0 Å². The summed E-state index contributed by atoms with van der Waals surface area (Å²) in [7, 11) is 1.58. The summed E-state index contributed by atoms with van der Waals surface area (Å²) >= 11 is 0. The maximum atomic E-state index is 11.3. The van der Waals surface area contributed by atoms with E-state index in [4.69, 9.17) is 4.74 Å². The Labute approximate surface area is 111 Å². The van der Waals surface area contributed by atoms with Gasteiger partial charge in [0.05, 0.1) is 13.3 Å². The average Bonchev–Trinajstić information content (AvgIpc) is 2.45. The molecule has 19 heavy (non-hydrogen) atoms. The fourth-order valence-corrected chi connectivity index (χ4v) is 1.22. The quantitative estimate of drug-likeness (QED) is 0.465. The molecule has 102 valence electrons. The third-order valence-electron chi connectivity index (χ3n) is 2.24. The molecule has 2 amide bonds.